The fraction of sp³-hybridized carbons (Fsp3) is 0.350. The van der Waals surface area contributed by atoms with Gasteiger partial charge in [-0.2, -0.15) is 5.10 Å². The summed E-state index contributed by atoms with van der Waals surface area (Å²) in [5, 5.41) is 9.24. The van der Waals surface area contributed by atoms with E-state index < -0.39 is 0 Å². The van der Waals surface area contributed by atoms with Crippen LogP contribution in [0.3, 0.4) is 0 Å². The molecular formula is C20H23N5O. The van der Waals surface area contributed by atoms with Gasteiger partial charge in [0.1, 0.15) is 5.82 Å². The van der Waals surface area contributed by atoms with E-state index in [0.717, 1.165) is 21.9 Å². The Morgan fingerprint density at radius 1 is 1.23 bits per heavy atom. The second-order valence-electron chi connectivity index (χ2n) is 7.08. The molecule has 1 aliphatic rings. The predicted molar refractivity (Wildman–Crippen MR) is 103 cm³/mol. The van der Waals surface area contributed by atoms with Crippen LogP contribution >= 0.6 is 0 Å². The SMILES string of the molecule is CN(CC(=O)Nc1cc2cc(-c3cnn(C)c3)ccc2cn1)C1CCC1. The van der Waals surface area contributed by atoms with E-state index in [-0.39, 0.29) is 5.91 Å². The quantitative estimate of drug-likeness (QED) is 0.769. The summed E-state index contributed by atoms with van der Waals surface area (Å²) in [7, 11) is 3.92. The van der Waals surface area contributed by atoms with Gasteiger partial charge in [0.25, 0.3) is 0 Å². The second kappa shape index (κ2) is 6.88. The van der Waals surface area contributed by atoms with E-state index in [1.54, 1.807) is 10.9 Å². The van der Waals surface area contributed by atoms with E-state index >= 15 is 0 Å². The van der Waals surface area contributed by atoms with Crippen LogP contribution in [0.5, 0.6) is 0 Å². The van der Waals surface area contributed by atoms with E-state index in [4.69, 9.17) is 0 Å². The van der Waals surface area contributed by atoms with E-state index in [1.165, 1.54) is 19.3 Å². The van der Waals surface area contributed by atoms with Crippen molar-refractivity contribution in [2.24, 2.45) is 7.05 Å². The minimum Gasteiger partial charge on any atom is -0.310 e. The highest BCUT2D eigenvalue weighted by atomic mass is 16.2. The molecule has 6 heteroatoms. The van der Waals surface area contributed by atoms with Crippen LogP contribution < -0.4 is 5.32 Å². The Kier molecular flexibility index (Phi) is 4.42. The van der Waals surface area contributed by atoms with Gasteiger partial charge in [-0.05, 0) is 43.0 Å². The minimum atomic E-state index is -0.0188. The average molecular weight is 349 g/mol. The molecule has 1 fully saturated rings. The largest absolute Gasteiger partial charge is 0.310 e. The molecule has 1 amide bonds. The van der Waals surface area contributed by atoms with Gasteiger partial charge in [-0.15, -0.1) is 0 Å². The van der Waals surface area contributed by atoms with Gasteiger partial charge in [0, 0.05) is 36.4 Å². The number of likely N-dealkylation sites (N-methyl/N-ethyl adjacent to an activating group) is 1. The standard InChI is InChI=1S/C20H23N5O/c1-24(18-4-3-5-18)13-20(26)23-19-9-16-8-14(6-7-15(16)10-21-19)17-11-22-25(2)12-17/h6-12,18H,3-5,13H2,1-2H3,(H,21,23,26). The fourth-order valence-corrected chi connectivity index (χ4v) is 3.32. The molecule has 2 aromatic heterocycles. The number of nitrogens with zero attached hydrogens (tertiary/aromatic N) is 4. The summed E-state index contributed by atoms with van der Waals surface area (Å²) >= 11 is 0. The molecule has 4 rings (SSSR count). The summed E-state index contributed by atoms with van der Waals surface area (Å²) in [4.78, 5) is 18.8. The number of benzene rings is 1. The number of carbonyl (C=O) groups excluding carboxylic acids is 1. The number of rotatable bonds is 5. The smallest absolute Gasteiger partial charge is 0.239 e. The summed E-state index contributed by atoms with van der Waals surface area (Å²) in [5.74, 6) is 0.572. The lowest BCUT2D eigenvalue weighted by Crippen LogP contribution is -2.41. The second-order valence-corrected chi connectivity index (χ2v) is 7.08. The first-order valence-corrected chi connectivity index (χ1v) is 8.97. The molecule has 0 atom stereocenters. The molecule has 134 valence electrons. The maximum atomic E-state index is 12.3. The highest BCUT2D eigenvalue weighted by Gasteiger charge is 2.23. The van der Waals surface area contributed by atoms with Crippen molar-refractivity contribution >= 4 is 22.5 Å². The maximum Gasteiger partial charge on any atom is 0.239 e. The van der Waals surface area contributed by atoms with Crippen molar-refractivity contribution in [2.45, 2.75) is 25.3 Å². The van der Waals surface area contributed by atoms with E-state index in [9.17, 15) is 4.79 Å². The summed E-state index contributed by atoms with van der Waals surface area (Å²) in [6.45, 7) is 0.403. The van der Waals surface area contributed by atoms with Gasteiger partial charge in [0.15, 0.2) is 0 Å². The zero-order chi connectivity index (χ0) is 18.1. The molecule has 0 saturated heterocycles. The monoisotopic (exact) mass is 349 g/mol. The molecule has 3 aromatic rings. The van der Waals surface area contributed by atoms with Crippen LogP contribution in [0.15, 0.2) is 42.9 Å². The van der Waals surface area contributed by atoms with Gasteiger partial charge in [-0.3, -0.25) is 14.4 Å². The topological polar surface area (TPSA) is 63.1 Å². The third-order valence-corrected chi connectivity index (χ3v) is 5.12. The molecular weight excluding hydrogens is 326 g/mol. The van der Waals surface area contributed by atoms with Gasteiger partial charge in [-0.25, -0.2) is 4.98 Å². The molecule has 1 aromatic carbocycles. The van der Waals surface area contributed by atoms with Crippen LogP contribution in [0.4, 0.5) is 5.82 Å². The van der Waals surface area contributed by atoms with Crippen molar-refractivity contribution in [1.29, 1.82) is 0 Å². The number of amides is 1. The van der Waals surface area contributed by atoms with Gasteiger partial charge in [0.05, 0.1) is 12.7 Å². The molecule has 0 radical (unpaired) electrons. The molecule has 0 bridgehead atoms. The lowest BCUT2D eigenvalue weighted by atomic mass is 9.92. The molecule has 1 saturated carbocycles. The lowest BCUT2D eigenvalue weighted by molar-refractivity contribution is -0.117. The number of aromatic nitrogens is 3. The summed E-state index contributed by atoms with van der Waals surface area (Å²) in [6, 6.07) is 8.68. The number of anilines is 1. The third-order valence-electron chi connectivity index (χ3n) is 5.12. The van der Waals surface area contributed by atoms with E-state index in [1.807, 2.05) is 38.6 Å². The number of pyridine rings is 1. The van der Waals surface area contributed by atoms with Crippen LogP contribution in [0.2, 0.25) is 0 Å². The Bertz CT molecular complexity index is 944. The van der Waals surface area contributed by atoms with Gasteiger partial charge in [0.2, 0.25) is 5.91 Å². The van der Waals surface area contributed by atoms with Crippen LogP contribution in [0, 0.1) is 0 Å². The molecule has 1 aliphatic carbocycles. The molecule has 6 nitrogen and oxygen atoms in total. The third kappa shape index (κ3) is 3.46. The fourth-order valence-electron chi connectivity index (χ4n) is 3.32. The summed E-state index contributed by atoms with van der Waals surface area (Å²) in [5.41, 5.74) is 2.16. The first kappa shape index (κ1) is 16.7. The molecule has 1 N–H and O–H groups in total. The molecule has 0 unspecified atom stereocenters. The van der Waals surface area contributed by atoms with E-state index in [2.05, 4.69) is 32.4 Å². The number of nitrogens with one attached hydrogen (secondary N) is 1. The van der Waals surface area contributed by atoms with Gasteiger partial charge >= 0.3 is 0 Å². The van der Waals surface area contributed by atoms with E-state index in [0.29, 0.717) is 18.4 Å². The zero-order valence-corrected chi connectivity index (χ0v) is 15.1. The molecule has 0 spiro atoms. The van der Waals surface area contributed by atoms with Crippen molar-refractivity contribution in [1.82, 2.24) is 19.7 Å². The molecule has 2 heterocycles. The minimum absolute atomic E-state index is 0.0188. The van der Waals surface area contributed by atoms with Crippen molar-refractivity contribution in [3.63, 3.8) is 0 Å². The number of hydrogen-bond donors (Lipinski definition) is 1. The summed E-state index contributed by atoms with van der Waals surface area (Å²) < 4.78 is 1.79. The van der Waals surface area contributed by atoms with Crippen LogP contribution in [0.25, 0.3) is 21.9 Å². The predicted octanol–water partition coefficient (Wildman–Crippen LogP) is 3.06. The van der Waals surface area contributed by atoms with Crippen molar-refractivity contribution in [3.8, 4) is 11.1 Å². The highest BCUT2D eigenvalue weighted by molar-refractivity contribution is 5.94. The highest BCUT2D eigenvalue weighted by Crippen LogP contribution is 2.25. The van der Waals surface area contributed by atoms with Crippen molar-refractivity contribution in [3.05, 3.63) is 42.9 Å². The Hall–Kier alpha value is -2.73. The Balaban J connectivity index is 1.51. The number of aryl methyl sites for hydroxylation is 1. The van der Waals surface area contributed by atoms with Crippen LogP contribution in [-0.2, 0) is 11.8 Å². The van der Waals surface area contributed by atoms with Crippen molar-refractivity contribution < 1.29 is 4.79 Å². The summed E-state index contributed by atoms with van der Waals surface area (Å²) in [6.07, 6.45) is 9.28. The van der Waals surface area contributed by atoms with Gasteiger partial charge in [-0.1, -0.05) is 18.6 Å². The first-order valence-electron chi connectivity index (χ1n) is 8.97. The van der Waals surface area contributed by atoms with Crippen LogP contribution in [-0.4, -0.2) is 45.2 Å². The number of hydrogen-bond acceptors (Lipinski definition) is 4. The molecule has 26 heavy (non-hydrogen) atoms. The van der Waals surface area contributed by atoms with Crippen molar-refractivity contribution in [2.75, 3.05) is 18.9 Å². The zero-order valence-electron chi connectivity index (χ0n) is 15.1. The van der Waals surface area contributed by atoms with Gasteiger partial charge < -0.3 is 5.32 Å². The number of carbonyl (C=O) groups is 1. The Morgan fingerprint density at radius 3 is 2.77 bits per heavy atom. The average Bonchev–Trinajstić information content (AvgIpc) is 2.98. The normalized spacial score (nSPS) is 14.6. The Morgan fingerprint density at radius 2 is 2.08 bits per heavy atom. The number of fused-ring (bicyclic) bond motifs is 1. The Labute approximate surface area is 152 Å². The maximum absolute atomic E-state index is 12.3. The lowest BCUT2D eigenvalue weighted by Gasteiger charge is -2.34. The molecule has 0 aliphatic heterocycles. The first-order chi connectivity index (χ1) is 12.6. The van der Waals surface area contributed by atoms with Crippen LogP contribution in [0.1, 0.15) is 19.3 Å².